The smallest absolute Gasteiger partial charge is 0.239 e. The molecule has 0 aromatic heterocycles. The highest BCUT2D eigenvalue weighted by molar-refractivity contribution is 8.00. The zero-order valence-corrected chi connectivity index (χ0v) is 13.1. The first-order valence-electron chi connectivity index (χ1n) is 6.70. The molecule has 0 aromatic carbocycles. The van der Waals surface area contributed by atoms with E-state index in [9.17, 15) is 9.59 Å². The summed E-state index contributed by atoms with van der Waals surface area (Å²) in [5.41, 5.74) is 0. The Morgan fingerprint density at radius 2 is 1.95 bits per heavy atom. The van der Waals surface area contributed by atoms with E-state index in [0.717, 1.165) is 0 Å². The third-order valence-corrected chi connectivity index (χ3v) is 3.76. The zero-order chi connectivity index (χ0) is 14.8. The van der Waals surface area contributed by atoms with Crippen LogP contribution >= 0.6 is 11.8 Å². The average Bonchev–Trinajstić information content (AvgIpc) is 2.32. The average molecular weight is 290 g/mol. The topological polar surface area (TPSA) is 69.6 Å². The second kappa shape index (κ2) is 10.1. The molecule has 6 heteroatoms. The summed E-state index contributed by atoms with van der Waals surface area (Å²) in [6, 6.07) is 0.0836. The molecule has 0 radical (unpaired) electrons. The highest BCUT2D eigenvalue weighted by Gasteiger charge is 2.16. The van der Waals surface area contributed by atoms with Crippen LogP contribution in [0.1, 0.15) is 34.1 Å². The van der Waals surface area contributed by atoms with Crippen LogP contribution in [0.25, 0.3) is 0 Å². The maximum Gasteiger partial charge on any atom is 0.239 e. The van der Waals surface area contributed by atoms with Crippen LogP contribution in [0.4, 0.5) is 0 Å². The van der Waals surface area contributed by atoms with Crippen molar-refractivity contribution in [2.24, 2.45) is 0 Å². The van der Waals surface area contributed by atoms with Crippen molar-refractivity contribution in [2.75, 3.05) is 25.4 Å². The number of carbonyl (C=O) groups excluding carboxylic acids is 2. The quantitative estimate of drug-likeness (QED) is 0.661. The van der Waals surface area contributed by atoms with Crippen LogP contribution in [0.5, 0.6) is 0 Å². The third kappa shape index (κ3) is 8.88. The lowest BCUT2D eigenvalue weighted by molar-refractivity contribution is -0.134. The number of amides is 2. The molecule has 19 heavy (non-hydrogen) atoms. The van der Waals surface area contributed by atoms with Gasteiger partial charge in [0.1, 0.15) is 0 Å². The summed E-state index contributed by atoms with van der Waals surface area (Å²) in [6.07, 6.45) is 0.678. The summed E-state index contributed by atoms with van der Waals surface area (Å²) in [7, 11) is 0. The van der Waals surface area contributed by atoms with Gasteiger partial charge >= 0.3 is 0 Å². The lowest BCUT2D eigenvalue weighted by Crippen LogP contribution is -2.43. The minimum Gasteiger partial charge on any atom is -0.396 e. The van der Waals surface area contributed by atoms with Crippen molar-refractivity contribution in [1.29, 1.82) is 0 Å². The normalized spacial score (nSPS) is 12.3. The summed E-state index contributed by atoms with van der Waals surface area (Å²) in [5.74, 6) is 0.194. The van der Waals surface area contributed by atoms with Gasteiger partial charge in [-0.05, 0) is 27.2 Å². The van der Waals surface area contributed by atoms with Crippen LogP contribution in [0.3, 0.4) is 0 Å². The van der Waals surface area contributed by atoms with E-state index in [1.54, 1.807) is 4.90 Å². The van der Waals surface area contributed by atoms with Gasteiger partial charge in [0, 0.05) is 24.4 Å². The fourth-order valence-electron chi connectivity index (χ4n) is 1.49. The van der Waals surface area contributed by atoms with Gasteiger partial charge in [-0.15, -0.1) is 11.8 Å². The van der Waals surface area contributed by atoms with Gasteiger partial charge in [0.2, 0.25) is 11.8 Å². The Morgan fingerprint density at radius 3 is 2.42 bits per heavy atom. The number of aliphatic hydroxyl groups excluding tert-OH is 1. The molecule has 0 fully saturated rings. The van der Waals surface area contributed by atoms with Gasteiger partial charge in [-0.25, -0.2) is 0 Å². The van der Waals surface area contributed by atoms with Crippen LogP contribution in [0.15, 0.2) is 0 Å². The molecule has 5 nitrogen and oxygen atoms in total. The van der Waals surface area contributed by atoms with Crippen molar-refractivity contribution in [3.8, 4) is 0 Å². The minimum atomic E-state index is -0.126. The Hall–Kier alpha value is -0.750. The Kier molecular flexibility index (Phi) is 9.69. The van der Waals surface area contributed by atoms with E-state index in [0.29, 0.717) is 18.7 Å². The van der Waals surface area contributed by atoms with Crippen molar-refractivity contribution in [3.05, 3.63) is 0 Å². The Morgan fingerprint density at radius 1 is 1.32 bits per heavy atom. The summed E-state index contributed by atoms with van der Waals surface area (Å²) in [4.78, 5) is 25.1. The molecule has 1 atom stereocenters. The number of thioether (sulfide) groups is 1. The molecule has 0 aliphatic carbocycles. The van der Waals surface area contributed by atoms with Gasteiger partial charge in [-0.3, -0.25) is 9.59 Å². The van der Waals surface area contributed by atoms with E-state index in [1.165, 1.54) is 11.8 Å². The molecule has 0 rings (SSSR count). The molecule has 0 heterocycles. The van der Waals surface area contributed by atoms with E-state index in [-0.39, 0.29) is 36.3 Å². The highest BCUT2D eigenvalue weighted by atomic mass is 32.2. The van der Waals surface area contributed by atoms with Crippen LogP contribution in [0.2, 0.25) is 0 Å². The fourth-order valence-corrected chi connectivity index (χ4v) is 2.37. The van der Waals surface area contributed by atoms with E-state index in [1.807, 2.05) is 27.7 Å². The summed E-state index contributed by atoms with van der Waals surface area (Å²) in [6.45, 7) is 8.40. The van der Waals surface area contributed by atoms with Gasteiger partial charge in [-0.2, -0.15) is 0 Å². The Labute approximate surface area is 120 Å². The van der Waals surface area contributed by atoms with Crippen LogP contribution in [-0.4, -0.2) is 58.6 Å². The van der Waals surface area contributed by atoms with E-state index in [2.05, 4.69) is 5.32 Å². The van der Waals surface area contributed by atoms with Gasteiger partial charge in [0.05, 0.1) is 12.3 Å². The zero-order valence-electron chi connectivity index (χ0n) is 12.3. The fraction of sp³-hybridized carbons (Fsp3) is 0.846. The highest BCUT2D eigenvalue weighted by Crippen LogP contribution is 2.14. The monoisotopic (exact) mass is 290 g/mol. The Bertz CT molecular complexity index is 285. The van der Waals surface area contributed by atoms with Crippen LogP contribution < -0.4 is 5.32 Å². The number of hydrogen-bond donors (Lipinski definition) is 2. The molecule has 2 amide bonds. The van der Waals surface area contributed by atoms with Crippen molar-refractivity contribution >= 4 is 23.6 Å². The van der Waals surface area contributed by atoms with Crippen LogP contribution in [-0.2, 0) is 9.59 Å². The molecule has 0 saturated carbocycles. The largest absolute Gasteiger partial charge is 0.396 e. The molecule has 0 bridgehead atoms. The van der Waals surface area contributed by atoms with E-state index >= 15 is 0 Å². The molecule has 2 N–H and O–H groups in total. The number of likely N-dealkylation sites (N-methyl/N-ethyl adjacent to an activating group) is 1. The second-order valence-electron chi connectivity index (χ2n) is 4.76. The summed E-state index contributed by atoms with van der Waals surface area (Å²) < 4.78 is 0. The molecule has 0 saturated heterocycles. The van der Waals surface area contributed by atoms with Crippen LogP contribution in [0, 0.1) is 0 Å². The third-order valence-electron chi connectivity index (χ3n) is 2.55. The molecule has 1 unspecified atom stereocenters. The maximum atomic E-state index is 12.0. The van der Waals surface area contributed by atoms with Crippen molar-refractivity contribution in [3.63, 3.8) is 0 Å². The summed E-state index contributed by atoms with van der Waals surface area (Å²) in [5, 5.41) is 11.8. The predicted molar refractivity (Wildman–Crippen MR) is 79.2 cm³/mol. The molecule has 0 spiro atoms. The predicted octanol–water partition coefficient (Wildman–Crippen LogP) is 0.864. The first-order chi connectivity index (χ1) is 8.90. The van der Waals surface area contributed by atoms with Crippen molar-refractivity contribution in [1.82, 2.24) is 10.2 Å². The number of carbonyl (C=O) groups is 2. The number of rotatable bonds is 9. The lowest BCUT2D eigenvalue weighted by atomic mass is 10.3. The number of aliphatic hydroxyl groups is 1. The SMILES string of the molecule is CCN(CC(=O)NC(C)C)C(=O)CSC(C)CCO. The lowest BCUT2D eigenvalue weighted by Gasteiger charge is -2.21. The van der Waals surface area contributed by atoms with Gasteiger partial charge in [0.15, 0.2) is 0 Å². The van der Waals surface area contributed by atoms with Crippen molar-refractivity contribution < 1.29 is 14.7 Å². The minimum absolute atomic E-state index is 0.0313. The molecular formula is C13H26N2O3S. The Balaban J connectivity index is 4.13. The van der Waals surface area contributed by atoms with E-state index in [4.69, 9.17) is 5.11 Å². The molecule has 0 aromatic rings. The first-order valence-corrected chi connectivity index (χ1v) is 7.75. The molecule has 0 aliphatic heterocycles. The summed E-state index contributed by atoms with van der Waals surface area (Å²) >= 11 is 1.51. The molecule has 0 aliphatic rings. The molecular weight excluding hydrogens is 264 g/mol. The maximum absolute atomic E-state index is 12.0. The van der Waals surface area contributed by atoms with E-state index < -0.39 is 0 Å². The second-order valence-corrected chi connectivity index (χ2v) is 6.19. The number of nitrogens with one attached hydrogen (secondary N) is 1. The van der Waals surface area contributed by atoms with Crippen molar-refractivity contribution in [2.45, 2.75) is 45.4 Å². The van der Waals surface area contributed by atoms with Gasteiger partial charge < -0.3 is 15.3 Å². The van der Waals surface area contributed by atoms with Gasteiger partial charge in [-0.1, -0.05) is 6.92 Å². The standard InChI is InChI=1S/C13H26N2O3S/c1-5-15(8-12(17)14-10(2)3)13(18)9-19-11(4)6-7-16/h10-11,16H,5-9H2,1-4H3,(H,14,17). The molecule has 112 valence electrons. The number of hydrogen-bond acceptors (Lipinski definition) is 4. The first kappa shape index (κ1) is 18.2. The van der Waals surface area contributed by atoms with Gasteiger partial charge in [0.25, 0.3) is 0 Å². The number of nitrogens with zero attached hydrogens (tertiary/aromatic N) is 1.